The zero-order chi connectivity index (χ0) is 19.7. The Morgan fingerprint density at radius 3 is 2.59 bits per heavy atom. The van der Waals surface area contributed by atoms with Crippen molar-refractivity contribution in [1.82, 2.24) is 0 Å². The smallest absolute Gasteiger partial charge is 0.303 e. The number of rotatable bonds is 3. The molecule has 6 atom stereocenters. The number of carbonyl (C=O) groups excluding carboxylic acids is 1. The van der Waals surface area contributed by atoms with E-state index < -0.39 is 28.1 Å². The molecular weight excluding hydrogens is 347 g/mol. The molecule has 27 heavy (non-hydrogen) atoms. The molecular formula is C22H31FO4. The molecule has 0 saturated heterocycles. The van der Waals surface area contributed by atoms with Crippen LogP contribution in [0.2, 0.25) is 0 Å². The lowest BCUT2D eigenvalue weighted by atomic mass is 9.44. The fourth-order valence-corrected chi connectivity index (χ4v) is 7.29. The lowest BCUT2D eigenvalue weighted by Crippen LogP contribution is -2.62. The second-order valence-corrected chi connectivity index (χ2v) is 9.96. The largest absolute Gasteiger partial charge is 0.481 e. The molecule has 3 saturated carbocycles. The van der Waals surface area contributed by atoms with E-state index in [0.29, 0.717) is 32.1 Å². The number of allylic oxidation sites excluding steroid dienone is 1. The average molecular weight is 378 g/mol. The zero-order valence-electron chi connectivity index (χ0n) is 16.4. The zero-order valence-corrected chi connectivity index (χ0v) is 16.4. The summed E-state index contributed by atoms with van der Waals surface area (Å²) in [4.78, 5) is 23.0. The first kappa shape index (κ1) is 19.1. The van der Waals surface area contributed by atoms with Gasteiger partial charge in [0.15, 0.2) is 5.78 Å². The van der Waals surface area contributed by atoms with Gasteiger partial charge in [-0.05, 0) is 74.7 Å². The number of aliphatic hydroxyl groups is 1. The van der Waals surface area contributed by atoms with E-state index in [4.69, 9.17) is 5.11 Å². The van der Waals surface area contributed by atoms with Crippen LogP contribution in [0.25, 0.3) is 0 Å². The van der Waals surface area contributed by atoms with Gasteiger partial charge in [0.25, 0.3) is 0 Å². The fourth-order valence-electron chi connectivity index (χ4n) is 7.29. The molecule has 5 heteroatoms. The minimum Gasteiger partial charge on any atom is -0.481 e. The fraction of sp³-hybridized carbons (Fsp3) is 0.818. The van der Waals surface area contributed by atoms with Crippen molar-refractivity contribution in [2.24, 2.45) is 22.7 Å². The van der Waals surface area contributed by atoms with Crippen molar-refractivity contribution in [3.05, 3.63) is 11.6 Å². The quantitative estimate of drug-likeness (QED) is 0.772. The van der Waals surface area contributed by atoms with Gasteiger partial charge < -0.3 is 10.2 Å². The summed E-state index contributed by atoms with van der Waals surface area (Å²) in [5.41, 5.74) is -2.37. The molecule has 0 aromatic heterocycles. The molecule has 0 heterocycles. The Balaban J connectivity index is 1.67. The van der Waals surface area contributed by atoms with E-state index in [1.54, 1.807) is 6.08 Å². The van der Waals surface area contributed by atoms with Crippen LogP contribution in [0.1, 0.15) is 78.1 Å². The summed E-state index contributed by atoms with van der Waals surface area (Å²) in [7, 11) is 0. The van der Waals surface area contributed by atoms with E-state index in [2.05, 4.69) is 6.92 Å². The van der Waals surface area contributed by atoms with Crippen LogP contribution >= 0.6 is 0 Å². The van der Waals surface area contributed by atoms with Gasteiger partial charge in [0.1, 0.15) is 5.67 Å². The summed E-state index contributed by atoms with van der Waals surface area (Å²) >= 11 is 0. The van der Waals surface area contributed by atoms with Crippen LogP contribution in [-0.4, -0.2) is 33.2 Å². The molecule has 0 aliphatic heterocycles. The molecule has 2 unspecified atom stereocenters. The third kappa shape index (κ3) is 2.43. The van der Waals surface area contributed by atoms with Gasteiger partial charge in [0, 0.05) is 18.3 Å². The predicted octanol–water partition coefficient (Wildman–Crippen LogP) is 4.21. The van der Waals surface area contributed by atoms with E-state index in [1.807, 2.05) is 6.92 Å². The Hall–Kier alpha value is -1.23. The van der Waals surface area contributed by atoms with E-state index in [9.17, 15) is 14.7 Å². The van der Waals surface area contributed by atoms with Crippen LogP contribution in [0.5, 0.6) is 0 Å². The van der Waals surface area contributed by atoms with E-state index >= 15 is 4.39 Å². The van der Waals surface area contributed by atoms with Crippen molar-refractivity contribution >= 4 is 11.8 Å². The van der Waals surface area contributed by atoms with E-state index in [1.165, 1.54) is 0 Å². The minimum atomic E-state index is -1.33. The second-order valence-electron chi connectivity index (χ2n) is 9.96. The Morgan fingerprint density at radius 2 is 1.89 bits per heavy atom. The number of carboxylic acids is 1. The first-order valence-corrected chi connectivity index (χ1v) is 10.4. The molecule has 0 aromatic rings. The number of alkyl halides is 1. The monoisotopic (exact) mass is 378 g/mol. The number of ketones is 1. The van der Waals surface area contributed by atoms with E-state index in [-0.39, 0.29) is 30.5 Å². The SMILES string of the molecule is C[C@]12CCC(=O)C=C1CCC1C3CC[C@@](O)(CCC(=O)O)[C@@]3(C)CC[C@@]12F. The molecule has 0 amide bonds. The minimum absolute atomic E-state index is 0.0447. The maximum Gasteiger partial charge on any atom is 0.303 e. The summed E-state index contributed by atoms with van der Waals surface area (Å²) in [5.74, 6) is -0.816. The summed E-state index contributed by atoms with van der Waals surface area (Å²) in [6.07, 6.45) is 6.68. The molecule has 0 aromatic carbocycles. The summed E-state index contributed by atoms with van der Waals surface area (Å²) < 4.78 is 16.7. The highest BCUT2D eigenvalue weighted by molar-refractivity contribution is 5.91. The summed E-state index contributed by atoms with van der Waals surface area (Å²) in [6, 6.07) is 0. The highest BCUT2D eigenvalue weighted by atomic mass is 19.1. The highest BCUT2D eigenvalue weighted by Crippen LogP contribution is 2.70. The van der Waals surface area contributed by atoms with Gasteiger partial charge in [0.05, 0.1) is 5.60 Å². The van der Waals surface area contributed by atoms with Crippen LogP contribution in [0.4, 0.5) is 4.39 Å². The Kier molecular flexibility index (Phi) is 4.16. The van der Waals surface area contributed by atoms with Crippen molar-refractivity contribution in [2.45, 2.75) is 89.3 Å². The number of carboxylic acid groups (broad SMARTS) is 1. The maximum atomic E-state index is 16.7. The Morgan fingerprint density at radius 1 is 1.15 bits per heavy atom. The lowest BCUT2D eigenvalue weighted by molar-refractivity contribution is -0.179. The number of aliphatic carboxylic acids is 1. The van der Waals surface area contributed by atoms with Gasteiger partial charge in [-0.25, -0.2) is 4.39 Å². The molecule has 4 rings (SSSR count). The molecule has 0 bridgehead atoms. The second kappa shape index (κ2) is 5.88. The number of hydrogen-bond acceptors (Lipinski definition) is 3. The highest BCUT2D eigenvalue weighted by Gasteiger charge is 2.69. The third-order valence-electron chi connectivity index (χ3n) is 9.14. The van der Waals surface area contributed by atoms with Crippen LogP contribution in [-0.2, 0) is 9.59 Å². The number of hydrogen-bond donors (Lipinski definition) is 2. The normalized spacial score (nSPS) is 49.0. The van der Waals surface area contributed by atoms with Crippen molar-refractivity contribution in [3.63, 3.8) is 0 Å². The van der Waals surface area contributed by atoms with E-state index in [0.717, 1.165) is 24.8 Å². The molecule has 4 aliphatic carbocycles. The molecule has 150 valence electrons. The topological polar surface area (TPSA) is 74.6 Å². The number of carbonyl (C=O) groups is 2. The molecule has 0 radical (unpaired) electrons. The standard InChI is InChI=1S/C22H31FO4/c1-19-8-5-15(24)13-14(19)3-4-17-16-6-9-21(27,10-7-18(25)26)20(16,2)11-12-22(17,19)23/h13,16-17,27H,3-12H2,1-2H3,(H,25,26)/t16?,17?,19-,20-,21+,22+/m0/s1. The summed E-state index contributed by atoms with van der Waals surface area (Å²) in [5, 5.41) is 20.4. The van der Waals surface area contributed by atoms with Crippen LogP contribution in [0.15, 0.2) is 11.6 Å². The Bertz CT molecular complexity index is 717. The van der Waals surface area contributed by atoms with Crippen molar-refractivity contribution < 1.29 is 24.2 Å². The van der Waals surface area contributed by atoms with Gasteiger partial charge in [-0.15, -0.1) is 0 Å². The molecule has 4 aliphatic rings. The summed E-state index contributed by atoms with van der Waals surface area (Å²) in [6.45, 7) is 4.07. The molecule has 4 nitrogen and oxygen atoms in total. The van der Waals surface area contributed by atoms with Crippen LogP contribution < -0.4 is 0 Å². The van der Waals surface area contributed by atoms with Gasteiger partial charge in [-0.3, -0.25) is 9.59 Å². The Labute approximate surface area is 160 Å². The first-order valence-electron chi connectivity index (χ1n) is 10.4. The van der Waals surface area contributed by atoms with Crippen LogP contribution in [0.3, 0.4) is 0 Å². The molecule has 2 N–H and O–H groups in total. The van der Waals surface area contributed by atoms with Gasteiger partial charge >= 0.3 is 5.97 Å². The third-order valence-corrected chi connectivity index (χ3v) is 9.14. The average Bonchev–Trinajstić information content (AvgIpc) is 2.87. The molecule has 3 fully saturated rings. The number of fused-ring (bicyclic) bond motifs is 5. The van der Waals surface area contributed by atoms with Crippen molar-refractivity contribution in [3.8, 4) is 0 Å². The van der Waals surface area contributed by atoms with Gasteiger partial charge in [-0.1, -0.05) is 19.4 Å². The van der Waals surface area contributed by atoms with Crippen molar-refractivity contribution in [1.29, 1.82) is 0 Å². The van der Waals surface area contributed by atoms with Gasteiger partial charge in [0.2, 0.25) is 0 Å². The predicted molar refractivity (Wildman–Crippen MR) is 98.9 cm³/mol. The first-order chi connectivity index (χ1) is 12.6. The lowest BCUT2D eigenvalue weighted by Gasteiger charge is -2.62. The van der Waals surface area contributed by atoms with Crippen molar-refractivity contribution in [2.75, 3.05) is 0 Å². The van der Waals surface area contributed by atoms with Gasteiger partial charge in [-0.2, -0.15) is 0 Å². The molecule has 0 spiro atoms. The number of halogens is 1. The van der Waals surface area contributed by atoms with Crippen LogP contribution in [0, 0.1) is 22.7 Å². The maximum absolute atomic E-state index is 16.7.